The molecule has 1 N–H and O–H groups in total. The van der Waals surface area contributed by atoms with Crippen molar-refractivity contribution in [2.75, 3.05) is 31.6 Å². The third-order valence-corrected chi connectivity index (χ3v) is 7.04. The van der Waals surface area contributed by atoms with E-state index >= 15 is 0 Å². The Labute approximate surface area is 218 Å². The predicted molar refractivity (Wildman–Crippen MR) is 147 cm³/mol. The van der Waals surface area contributed by atoms with Crippen LogP contribution in [0.4, 0.5) is 10.5 Å². The third kappa shape index (κ3) is 8.21. The van der Waals surface area contributed by atoms with Crippen molar-refractivity contribution in [1.82, 2.24) is 9.80 Å². The molecule has 2 aromatic carbocycles. The van der Waals surface area contributed by atoms with Crippen LogP contribution in [0.2, 0.25) is 0 Å². The fourth-order valence-corrected chi connectivity index (χ4v) is 4.86. The van der Waals surface area contributed by atoms with Gasteiger partial charge in [-0.05, 0) is 68.3 Å². The Morgan fingerprint density at radius 2 is 1.72 bits per heavy atom. The Bertz CT molecular complexity index is 1130. The minimum atomic E-state index is -0.279. The summed E-state index contributed by atoms with van der Waals surface area (Å²) < 4.78 is 5.48. The number of carbonyl (C=O) groups excluding carboxylic acids is 2. The highest BCUT2D eigenvalue weighted by molar-refractivity contribution is 7.10. The van der Waals surface area contributed by atoms with E-state index in [2.05, 4.69) is 18.3 Å². The average Bonchev–Trinajstić information content (AvgIpc) is 3.27. The van der Waals surface area contributed by atoms with E-state index in [1.807, 2.05) is 79.6 Å². The van der Waals surface area contributed by atoms with Gasteiger partial charge in [0, 0.05) is 36.9 Å². The summed E-state index contributed by atoms with van der Waals surface area (Å²) in [7, 11) is 0. The molecule has 3 amide bonds. The van der Waals surface area contributed by atoms with Crippen LogP contribution in [0, 0.1) is 20.8 Å². The molecule has 7 heteroatoms. The van der Waals surface area contributed by atoms with E-state index in [4.69, 9.17) is 4.74 Å². The zero-order chi connectivity index (χ0) is 25.9. The predicted octanol–water partition coefficient (Wildman–Crippen LogP) is 6.16. The number of nitrogens with zero attached hydrogens (tertiary/aromatic N) is 2. The summed E-state index contributed by atoms with van der Waals surface area (Å²) in [5.74, 6) is -0.0844. The number of carbonyl (C=O) groups is 2. The lowest BCUT2D eigenvalue weighted by Crippen LogP contribution is -2.44. The number of hydrogen-bond acceptors (Lipinski definition) is 4. The van der Waals surface area contributed by atoms with Gasteiger partial charge in [-0.15, -0.1) is 11.3 Å². The van der Waals surface area contributed by atoms with Crippen LogP contribution in [-0.2, 0) is 22.6 Å². The van der Waals surface area contributed by atoms with Crippen LogP contribution in [0.25, 0.3) is 0 Å². The first-order valence-corrected chi connectivity index (χ1v) is 13.3. The maximum atomic E-state index is 13.6. The summed E-state index contributed by atoms with van der Waals surface area (Å²) in [6.45, 7) is 10.6. The highest BCUT2D eigenvalue weighted by Crippen LogP contribution is 2.20. The number of aryl methyl sites for hydroxylation is 3. The second-order valence-electron chi connectivity index (χ2n) is 8.98. The smallest absolute Gasteiger partial charge is 0.322 e. The first-order chi connectivity index (χ1) is 17.4. The Kier molecular flexibility index (Phi) is 10.5. The normalized spacial score (nSPS) is 10.8. The van der Waals surface area contributed by atoms with Crippen molar-refractivity contribution in [2.24, 2.45) is 0 Å². The molecule has 1 aromatic heterocycles. The Balaban J connectivity index is 1.77. The van der Waals surface area contributed by atoms with Gasteiger partial charge in [-0.2, -0.15) is 0 Å². The molecule has 0 spiro atoms. The van der Waals surface area contributed by atoms with E-state index in [9.17, 15) is 9.59 Å². The molecule has 6 nitrogen and oxygen atoms in total. The zero-order valence-corrected chi connectivity index (χ0v) is 22.6. The molecule has 0 saturated carbocycles. The molecule has 0 bridgehead atoms. The van der Waals surface area contributed by atoms with Gasteiger partial charge in [0.1, 0.15) is 6.54 Å². The number of hydrogen-bond donors (Lipinski definition) is 1. The van der Waals surface area contributed by atoms with Gasteiger partial charge in [0.2, 0.25) is 5.91 Å². The summed E-state index contributed by atoms with van der Waals surface area (Å²) in [4.78, 5) is 31.5. The molecule has 3 rings (SSSR count). The second kappa shape index (κ2) is 13.8. The molecule has 0 saturated heterocycles. The molecule has 0 atom stereocenters. The highest BCUT2D eigenvalue weighted by Gasteiger charge is 2.23. The zero-order valence-electron chi connectivity index (χ0n) is 21.8. The Morgan fingerprint density at radius 1 is 0.944 bits per heavy atom. The standard InChI is InChI=1S/C29H37N3O3S/c1-5-35-16-9-15-31(29(34)30-26-13-12-22(2)18-24(26)4)21-28(33)32(19-25-10-7-6-8-11-25)20-27-23(3)14-17-36-27/h6-8,10-14,17-18H,5,9,15-16,19-21H2,1-4H3,(H,30,34). The minimum Gasteiger partial charge on any atom is -0.382 e. The molecule has 1 heterocycles. The topological polar surface area (TPSA) is 61.9 Å². The molecule has 36 heavy (non-hydrogen) atoms. The third-order valence-electron chi connectivity index (χ3n) is 6.03. The number of thiophene rings is 1. The van der Waals surface area contributed by atoms with Crippen LogP contribution in [-0.4, -0.2) is 48.0 Å². The molecule has 0 aliphatic rings. The summed E-state index contributed by atoms with van der Waals surface area (Å²) in [5.41, 5.74) is 5.11. The van der Waals surface area contributed by atoms with Crippen molar-refractivity contribution < 1.29 is 14.3 Å². The molecule has 0 unspecified atom stereocenters. The molecule has 0 aliphatic carbocycles. The summed E-state index contributed by atoms with van der Waals surface area (Å²) >= 11 is 1.65. The van der Waals surface area contributed by atoms with Gasteiger partial charge in [-0.3, -0.25) is 4.79 Å². The Hall–Kier alpha value is -3.16. The van der Waals surface area contributed by atoms with Gasteiger partial charge in [-0.1, -0.05) is 48.0 Å². The number of benzene rings is 2. The second-order valence-corrected chi connectivity index (χ2v) is 9.98. The molecule has 0 fully saturated rings. The lowest BCUT2D eigenvalue weighted by atomic mass is 10.1. The van der Waals surface area contributed by atoms with Gasteiger partial charge in [0.05, 0.1) is 6.54 Å². The number of urea groups is 1. The number of amides is 3. The van der Waals surface area contributed by atoms with Gasteiger partial charge in [-0.25, -0.2) is 4.79 Å². The van der Waals surface area contributed by atoms with Crippen LogP contribution >= 0.6 is 11.3 Å². The van der Waals surface area contributed by atoms with E-state index in [0.717, 1.165) is 27.3 Å². The highest BCUT2D eigenvalue weighted by atomic mass is 32.1. The monoisotopic (exact) mass is 507 g/mol. The first kappa shape index (κ1) is 27.4. The first-order valence-electron chi connectivity index (χ1n) is 12.4. The molecule has 0 radical (unpaired) electrons. The van der Waals surface area contributed by atoms with Crippen molar-refractivity contribution in [2.45, 2.75) is 47.2 Å². The minimum absolute atomic E-state index is 0.000123. The van der Waals surface area contributed by atoms with E-state index in [1.165, 1.54) is 5.56 Å². The van der Waals surface area contributed by atoms with E-state index < -0.39 is 0 Å². The van der Waals surface area contributed by atoms with Crippen LogP contribution in [0.15, 0.2) is 60.0 Å². The quantitative estimate of drug-likeness (QED) is 0.299. The number of nitrogens with one attached hydrogen (secondary N) is 1. The van der Waals surface area contributed by atoms with E-state index in [0.29, 0.717) is 39.3 Å². The maximum Gasteiger partial charge on any atom is 0.322 e. The van der Waals surface area contributed by atoms with Crippen LogP contribution in [0.3, 0.4) is 0 Å². The molecular weight excluding hydrogens is 470 g/mol. The van der Waals surface area contributed by atoms with Crippen molar-refractivity contribution in [3.8, 4) is 0 Å². The lowest BCUT2D eigenvalue weighted by Gasteiger charge is -2.28. The van der Waals surface area contributed by atoms with Gasteiger partial charge in [0.15, 0.2) is 0 Å². The lowest BCUT2D eigenvalue weighted by molar-refractivity contribution is -0.133. The number of ether oxygens (including phenoxy) is 1. The fourth-order valence-electron chi connectivity index (χ4n) is 3.94. The maximum absolute atomic E-state index is 13.6. The van der Waals surface area contributed by atoms with Crippen molar-refractivity contribution in [1.29, 1.82) is 0 Å². The largest absolute Gasteiger partial charge is 0.382 e. The van der Waals surface area contributed by atoms with Crippen molar-refractivity contribution >= 4 is 29.0 Å². The van der Waals surface area contributed by atoms with Gasteiger partial charge < -0.3 is 19.9 Å². The van der Waals surface area contributed by atoms with Crippen LogP contribution < -0.4 is 5.32 Å². The molecule has 192 valence electrons. The summed E-state index contributed by atoms with van der Waals surface area (Å²) in [6, 6.07) is 17.7. The van der Waals surface area contributed by atoms with Crippen LogP contribution in [0.1, 0.15) is 40.5 Å². The SMILES string of the molecule is CCOCCCN(CC(=O)N(Cc1ccccc1)Cc1sccc1C)C(=O)Nc1ccc(C)cc1C. The number of anilines is 1. The van der Waals surface area contributed by atoms with Crippen molar-refractivity contribution in [3.63, 3.8) is 0 Å². The van der Waals surface area contributed by atoms with E-state index in [-0.39, 0.29) is 18.5 Å². The summed E-state index contributed by atoms with van der Waals surface area (Å²) in [5, 5.41) is 5.05. The Morgan fingerprint density at radius 3 is 2.39 bits per heavy atom. The van der Waals surface area contributed by atoms with Gasteiger partial charge in [0.25, 0.3) is 0 Å². The average molecular weight is 508 g/mol. The van der Waals surface area contributed by atoms with Gasteiger partial charge >= 0.3 is 6.03 Å². The molecule has 3 aromatic rings. The molecule has 0 aliphatic heterocycles. The molecular formula is C29H37N3O3S. The number of rotatable bonds is 12. The van der Waals surface area contributed by atoms with E-state index in [1.54, 1.807) is 16.2 Å². The van der Waals surface area contributed by atoms with Crippen molar-refractivity contribution in [3.05, 3.63) is 87.1 Å². The fraction of sp³-hybridized carbons (Fsp3) is 0.379. The summed E-state index contributed by atoms with van der Waals surface area (Å²) in [6.07, 6.45) is 0.657. The van der Waals surface area contributed by atoms with Crippen LogP contribution in [0.5, 0.6) is 0 Å².